The molecule has 2 aromatic heterocycles. The maximum Gasteiger partial charge on any atom is 0.0991 e. The summed E-state index contributed by atoms with van der Waals surface area (Å²) in [5.74, 6) is 0. The Kier molecular flexibility index (Phi) is 3.16. The Labute approximate surface area is 167 Å². The first-order valence-electron chi connectivity index (χ1n) is 9.69. The van der Waals surface area contributed by atoms with Crippen LogP contribution in [0.15, 0.2) is 78.9 Å². The van der Waals surface area contributed by atoms with Crippen LogP contribution in [-0.2, 0) is 0 Å². The van der Waals surface area contributed by atoms with Gasteiger partial charge in [0.25, 0.3) is 0 Å². The fourth-order valence-corrected chi connectivity index (χ4v) is 4.47. The van der Waals surface area contributed by atoms with E-state index in [2.05, 4.69) is 89.3 Å². The average Bonchev–Trinajstić information content (AvgIpc) is 3.28. The molecule has 0 saturated heterocycles. The number of H-pyrrole nitrogens is 1. The van der Waals surface area contributed by atoms with E-state index in [1.165, 1.54) is 21.7 Å². The molecule has 0 amide bonds. The van der Waals surface area contributed by atoms with Crippen molar-refractivity contribution in [2.45, 2.75) is 6.92 Å². The lowest BCUT2D eigenvalue weighted by molar-refractivity contribution is 1.18. The van der Waals surface area contributed by atoms with E-state index in [-0.39, 0.29) is 0 Å². The third-order valence-corrected chi connectivity index (χ3v) is 5.80. The van der Waals surface area contributed by atoms with E-state index >= 15 is 0 Å². The molecule has 0 unspecified atom stereocenters. The summed E-state index contributed by atoms with van der Waals surface area (Å²) >= 11 is 0. The highest BCUT2D eigenvalue weighted by Crippen LogP contribution is 2.35. The van der Waals surface area contributed by atoms with Crippen molar-refractivity contribution in [3.05, 3.63) is 90.0 Å². The van der Waals surface area contributed by atoms with Gasteiger partial charge in [0.15, 0.2) is 0 Å². The number of fused-ring (bicyclic) bond motifs is 6. The lowest BCUT2D eigenvalue weighted by Crippen LogP contribution is -1.93. The van der Waals surface area contributed by atoms with Crippen molar-refractivity contribution in [1.82, 2.24) is 9.55 Å². The smallest absolute Gasteiger partial charge is 0.0991 e. The molecular weight excluding hydrogens is 354 g/mol. The molecule has 29 heavy (non-hydrogen) atoms. The summed E-state index contributed by atoms with van der Waals surface area (Å²) in [7, 11) is 0. The van der Waals surface area contributed by atoms with Crippen LogP contribution in [0.5, 0.6) is 0 Å². The largest absolute Gasteiger partial charge is 0.354 e. The molecule has 3 heteroatoms. The van der Waals surface area contributed by atoms with Gasteiger partial charge in [-0.2, -0.15) is 5.26 Å². The summed E-state index contributed by atoms with van der Waals surface area (Å²) in [6.07, 6.45) is 0. The third kappa shape index (κ3) is 2.23. The van der Waals surface area contributed by atoms with Gasteiger partial charge in [-0.15, -0.1) is 0 Å². The first kappa shape index (κ1) is 16.0. The second-order valence-electron chi connectivity index (χ2n) is 7.60. The molecule has 4 aromatic carbocycles. The third-order valence-electron chi connectivity index (χ3n) is 5.80. The Morgan fingerprint density at radius 2 is 1.48 bits per heavy atom. The molecule has 0 atom stereocenters. The number of rotatable bonds is 1. The van der Waals surface area contributed by atoms with Crippen LogP contribution in [0.1, 0.15) is 11.1 Å². The minimum absolute atomic E-state index is 0.684. The maximum absolute atomic E-state index is 9.37. The van der Waals surface area contributed by atoms with Crippen molar-refractivity contribution in [2.75, 3.05) is 0 Å². The van der Waals surface area contributed by atoms with Crippen LogP contribution in [-0.4, -0.2) is 9.55 Å². The van der Waals surface area contributed by atoms with Gasteiger partial charge >= 0.3 is 0 Å². The minimum atomic E-state index is 0.684. The highest BCUT2D eigenvalue weighted by Gasteiger charge is 2.14. The van der Waals surface area contributed by atoms with Crippen molar-refractivity contribution in [3.63, 3.8) is 0 Å². The predicted octanol–water partition coefficient (Wildman–Crippen LogP) is 6.60. The van der Waals surface area contributed by atoms with Crippen LogP contribution < -0.4 is 0 Å². The van der Waals surface area contributed by atoms with E-state index in [0.717, 1.165) is 33.1 Å². The molecular formula is C26H17N3. The summed E-state index contributed by atoms with van der Waals surface area (Å²) in [5.41, 5.74) is 7.54. The Morgan fingerprint density at radius 1 is 0.724 bits per heavy atom. The zero-order chi connectivity index (χ0) is 19.5. The molecule has 0 aliphatic heterocycles. The van der Waals surface area contributed by atoms with Crippen LogP contribution in [0.2, 0.25) is 0 Å². The monoisotopic (exact) mass is 371 g/mol. The average molecular weight is 371 g/mol. The molecule has 0 saturated carbocycles. The van der Waals surface area contributed by atoms with Crippen LogP contribution in [0.25, 0.3) is 49.3 Å². The summed E-state index contributed by atoms with van der Waals surface area (Å²) < 4.78 is 2.29. The molecule has 0 aliphatic rings. The number of aryl methyl sites for hydroxylation is 1. The highest BCUT2D eigenvalue weighted by molar-refractivity contribution is 6.11. The second-order valence-corrected chi connectivity index (χ2v) is 7.60. The number of aromatic amines is 1. The molecule has 1 N–H and O–H groups in total. The maximum atomic E-state index is 9.37. The lowest BCUT2D eigenvalue weighted by Gasteiger charge is -2.08. The van der Waals surface area contributed by atoms with Gasteiger partial charge in [0, 0.05) is 38.3 Å². The van der Waals surface area contributed by atoms with E-state index in [0.29, 0.717) is 5.56 Å². The van der Waals surface area contributed by atoms with E-state index in [1.54, 1.807) is 0 Å². The number of nitrogens with zero attached hydrogens (tertiary/aromatic N) is 2. The van der Waals surface area contributed by atoms with Gasteiger partial charge in [-0.05, 0) is 55.5 Å². The normalized spacial score (nSPS) is 11.6. The SMILES string of the molecule is Cc1ccc2c(c1)c1cc(C#N)ccc1n2-c1ccc2c(c1)[nH]c1ccccc12. The van der Waals surface area contributed by atoms with Crippen LogP contribution in [0.3, 0.4) is 0 Å². The summed E-state index contributed by atoms with van der Waals surface area (Å²) in [5, 5.41) is 14.1. The number of para-hydroxylation sites is 1. The first-order chi connectivity index (χ1) is 14.2. The van der Waals surface area contributed by atoms with Crippen molar-refractivity contribution in [2.24, 2.45) is 0 Å². The molecule has 6 aromatic rings. The van der Waals surface area contributed by atoms with Gasteiger partial charge < -0.3 is 9.55 Å². The van der Waals surface area contributed by atoms with Crippen LogP contribution >= 0.6 is 0 Å². The van der Waals surface area contributed by atoms with Crippen molar-refractivity contribution >= 4 is 43.6 Å². The molecule has 6 rings (SSSR count). The fraction of sp³-hybridized carbons (Fsp3) is 0.0385. The van der Waals surface area contributed by atoms with E-state index in [1.807, 2.05) is 12.1 Å². The van der Waals surface area contributed by atoms with Gasteiger partial charge in [0.05, 0.1) is 22.7 Å². The zero-order valence-corrected chi connectivity index (χ0v) is 15.9. The van der Waals surface area contributed by atoms with E-state index < -0.39 is 0 Å². The van der Waals surface area contributed by atoms with Crippen LogP contribution in [0.4, 0.5) is 0 Å². The standard InChI is InChI=1S/C26H17N3/c1-16-6-10-25-21(12-16)22-13-17(15-27)7-11-26(22)29(25)18-8-9-20-19-4-2-3-5-23(19)28-24(20)14-18/h2-14,28H,1H3. The molecule has 0 fully saturated rings. The zero-order valence-electron chi connectivity index (χ0n) is 15.9. The molecule has 136 valence electrons. The molecule has 0 radical (unpaired) electrons. The number of hydrogen-bond donors (Lipinski definition) is 1. The quantitative estimate of drug-likeness (QED) is 0.348. The summed E-state index contributed by atoms with van der Waals surface area (Å²) in [4.78, 5) is 3.55. The fourth-order valence-electron chi connectivity index (χ4n) is 4.47. The van der Waals surface area contributed by atoms with Gasteiger partial charge in [0.2, 0.25) is 0 Å². The van der Waals surface area contributed by atoms with Gasteiger partial charge in [-0.25, -0.2) is 0 Å². The lowest BCUT2D eigenvalue weighted by atomic mass is 10.1. The van der Waals surface area contributed by atoms with Crippen molar-refractivity contribution in [1.29, 1.82) is 5.26 Å². The number of hydrogen-bond acceptors (Lipinski definition) is 1. The number of benzene rings is 4. The first-order valence-corrected chi connectivity index (χ1v) is 9.69. The van der Waals surface area contributed by atoms with Gasteiger partial charge in [-0.1, -0.05) is 35.9 Å². The molecule has 3 nitrogen and oxygen atoms in total. The Bertz CT molecular complexity index is 1620. The van der Waals surface area contributed by atoms with E-state index in [4.69, 9.17) is 0 Å². The minimum Gasteiger partial charge on any atom is -0.354 e. The molecule has 2 heterocycles. The Hall–Kier alpha value is -4.03. The van der Waals surface area contributed by atoms with Crippen molar-refractivity contribution < 1.29 is 0 Å². The predicted molar refractivity (Wildman–Crippen MR) is 120 cm³/mol. The number of aromatic nitrogens is 2. The summed E-state index contributed by atoms with van der Waals surface area (Å²) in [6.45, 7) is 2.10. The number of nitriles is 1. The van der Waals surface area contributed by atoms with Gasteiger partial charge in [0.1, 0.15) is 0 Å². The Morgan fingerprint density at radius 3 is 2.34 bits per heavy atom. The highest BCUT2D eigenvalue weighted by atomic mass is 15.0. The molecule has 0 aliphatic carbocycles. The summed E-state index contributed by atoms with van der Waals surface area (Å²) in [6, 6.07) is 29.7. The molecule has 0 spiro atoms. The van der Waals surface area contributed by atoms with Crippen molar-refractivity contribution in [3.8, 4) is 11.8 Å². The Balaban J connectivity index is 1.72. The second kappa shape index (κ2) is 5.73. The topological polar surface area (TPSA) is 44.5 Å². The van der Waals surface area contributed by atoms with Gasteiger partial charge in [-0.3, -0.25) is 0 Å². The van der Waals surface area contributed by atoms with Crippen LogP contribution in [0, 0.1) is 18.3 Å². The van der Waals surface area contributed by atoms with E-state index in [9.17, 15) is 5.26 Å². The number of nitrogens with one attached hydrogen (secondary N) is 1. The molecule has 0 bridgehead atoms.